The Hall–Kier alpha value is -1.17. The summed E-state index contributed by atoms with van der Waals surface area (Å²) >= 11 is 2.07. The Bertz CT molecular complexity index is 570. The fourth-order valence-corrected chi connectivity index (χ4v) is 2.32. The normalized spacial score (nSPS) is 10.4. The fourth-order valence-electron chi connectivity index (χ4n) is 1.65. The molecule has 0 radical (unpaired) electrons. The van der Waals surface area contributed by atoms with Crippen LogP contribution >= 0.6 is 22.6 Å². The highest BCUT2D eigenvalue weighted by Gasteiger charge is 2.03. The van der Waals surface area contributed by atoms with Crippen LogP contribution in [0, 0.1) is 22.1 Å². The van der Waals surface area contributed by atoms with Gasteiger partial charge < -0.3 is 5.32 Å². The van der Waals surface area contributed by atoms with Gasteiger partial charge in [0.25, 0.3) is 0 Å². The highest BCUT2D eigenvalue weighted by molar-refractivity contribution is 14.1. The molecule has 18 heavy (non-hydrogen) atoms. The summed E-state index contributed by atoms with van der Waals surface area (Å²) < 4.78 is 26.9. The number of nitrogens with one attached hydrogen (secondary N) is 1. The van der Waals surface area contributed by atoms with E-state index >= 15 is 0 Å². The van der Waals surface area contributed by atoms with E-state index < -0.39 is 0 Å². The van der Waals surface area contributed by atoms with Gasteiger partial charge in [-0.3, -0.25) is 0 Å². The zero-order valence-corrected chi connectivity index (χ0v) is 12.0. The molecule has 4 heteroatoms. The molecule has 0 saturated carbocycles. The van der Waals surface area contributed by atoms with Crippen molar-refractivity contribution in [3.05, 3.63) is 62.7 Å². The molecule has 94 valence electrons. The summed E-state index contributed by atoms with van der Waals surface area (Å²) in [7, 11) is 0. The van der Waals surface area contributed by atoms with Crippen molar-refractivity contribution < 1.29 is 8.78 Å². The molecule has 0 spiro atoms. The van der Waals surface area contributed by atoms with E-state index in [9.17, 15) is 8.78 Å². The van der Waals surface area contributed by atoms with E-state index in [0.29, 0.717) is 6.54 Å². The van der Waals surface area contributed by atoms with Crippen molar-refractivity contribution in [1.29, 1.82) is 0 Å². The second-order valence-corrected chi connectivity index (χ2v) is 5.21. The van der Waals surface area contributed by atoms with Crippen LogP contribution in [0.25, 0.3) is 0 Å². The first-order valence-electron chi connectivity index (χ1n) is 5.50. The van der Waals surface area contributed by atoms with E-state index in [0.717, 1.165) is 20.4 Å². The zero-order valence-electron chi connectivity index (χ0n) is 9.81. The molecule has 0 aromatic heterocycles. The molecule has 0 bridgehead atoms. The smallest absolute Gasteiger partial charge is 0.124 e. The van der Waals surface area contributed by atoms with Crippen LogP contribution in [0.4, 0.5) is 14.5 Å². The molecular formula is C14H12F2IN. The first kappa shape index (κ1) is 13.3. The van der Waals surface area contributed by atoms with Crippen molar-refractivity contribution in [2.45, 2.75) is 13.5 Å². The predicted octanol–water partition coefficient (Wildman–Crippen LogP) is 4.49. The monoisotopic (exact) mass is 359 g/mol. The van der Waals surface area contributed by atoms with Crippen LogP contribution in [-0.2, 0) is 6.54 Å². The van der Waals surface area contributed by atoms with Crippen molar-refractivity contribution in [1.82, 2.24) is 0 Å². The average Bonchev–Trinajstić information content (AvgIpc) is 2.32. The number of halogens is 3. The Morgan fingerprint density at radius 3 is 2.44 bits per heavy atom. The highest BCUT2D eigenvalue weighted by atomic mass is 127. The maximum Gasteiger partial charge on any atom is 0.124 e. The molecule has 1 nitrogen and oxygen atoms in total. The van der Waals surface area contributed by atoms with Crippen LogP contribution in [0.1, 0.15) is 11.1 Å². The number of rotatable bonds is 3. The van der Waals surface area contributed by atoms with Gasteiger partial charge in [0.2, 0.25) is 0 Å². The lowest BCUT2D eigenvalue weighted by molar-refractivity contribution is 0.625. The minimum absolute atomic E-state index is 0.244. The number of hydrogen-bond donors (Lipinski definition) is 1. The molecule has 0 heterocycles. The number of anilines is 1. The predicted molar refractivity (Wildman–Crippen MR) is 77.6 cm³/mol. The molecule has 0 unspecified atom stereocenters. The highest BCUT2D eigenvalue weighted by Crippen LogP contribution is 2.20. The quantitative estimate of drug-likeness (QED) is 0.797. The Balaban J connectivity index is 2.13. The molecule has 0 amide bonds. The lowest BCUT2D eigenvalue weighted by Gasteiger charge is -2.10. The molecular weight excluding hydrogens is 347 g/mol. The summed E-state index contributed by atoms with van der Waals surface area (Å²) in [4.78, 5) is 0. The maximum absolute atomic E-state index is 13.1. The summed E-state index contributed by atoms with van der Waals surface area (Å²) in [5, 5.41) is 3.18. The molecule has 2 aromatic rings. The van der Waals surface area contributed by atoms with Gasteiger partial charge in [0.15, 0.2) is 0 Å². The van der Waals surface area contributed by atoms with Crippen molar-refractivity contribution in [3.8, 4) is 0 Å². The van der Waals surface area contributed by atoms with Crippen molar-refractivity contribution in [2.24, 2.45) is 0 Å². The summed E-state index contributed by atoms with van der Waals surface area (Å²) in [5.41, 5.74) is 2.77. The summed E-state index contributed by atoms with van der Waals surface area (Å²) in [6.07, 6.45) is 0. The number of aryl methyl sites for hydroxylation is 1. The first-order chi connectivity index (χ1) is 8.56. The largest absolute Gasteiger partial charge is 0.380 e. The molecule has 1 N–H and O–H groups in total. The lowest BCUT2D eigenvalue weighted by atomic mass is 10.1. The standard InChI is InChI=1S/C14H12F2IN/c1-9-2-3-11(15)6-10(9)8-18-14-5-4-12(16)7-13(14)17/h2-7,18H,8H2,1H3. The summed E-state index contributed by atoms with van der Waals surface area (Å²) in [5.74, 6) is -0.502. The van der Waals surface area contributed by atoms with Gasteiger partial charge in [-0.1, -0.05) is 6.07 Å². The summed E-state index contributed by atoms with van der Waals surface area (Å²) in [6, 6.07) is 9.26. The molecule has 0 atom stereocenters. The molecule has 0 fully saturated rings. The van der Waals surface area contributed by atoms with Gasteiger partial charge in [-0.15, -0.1) is 0 Å². The van der Waals surface area contributed by atoms with Crippen LogP contribution < -0.4 is 5.32 Å². The second-order valence-electron chi connectivity index (χ2n) is 4.05. The van der Waals surface area contributed by atoms with Crippen molar-refractivity contribution >= 4 is 28.3 Å². The first-order valence-corrected chi connectivity index (χ1v) is 6.58. The maximum atomic E-state index is 13.1. The van der Waals surface area contributed by atoms with Crippen molar-refractivity contribution in [3.63, 3.8) is 0 Å². The molecule has 0 aliphatic carbocycles. The van der Waals surface area contributed by atoms with Crippen LogP contribution in [-0.4, -0.2) is 0 Å². The molecule has 0 aliphatic rings. The van der Waals surface area contributed by atoms with E-state index in [2.05, 4.69) is 27.9 Å². The Kier molecular flexibility index (Phi) is 4.16. The van der Waals surface area contributed by atoms with Crippen LogP contribution in [0.2, 0.25) is 0 Å². The van der Waals surface area contributed by atoms with E-state index in [1.165, 1.54) is 24.3 Å². The minimum atomic E-state index is -0.258. The molecule has 0 aliphatic heterocycles. The van der Waals surface area contributed by atoms with Gasteiger partial charge in [0.05, 0.1) is 0 Å². The van der Waals surface area contributed by atoms with Gasteiger partial charge in [-0.2, -0.15) is 0 Å². The van der Waals surface area contributed by atoms with Crippen LogP contribution in [0.15, 0.2) is 36.4 Å². The lowest BCUT2D eigenvalue weighted by Crippen LogP contribution is -2.03. The van der Waals surface area contributed by atoms with Crippen molar-refractivity contribution in [2.75, 3.05) is 5.32 Å². The van der Waals surface area contributed by atoms with E-state index in [-0.39, 0.29) is 11.6 Å². The topological polar surface area (TPSA) is 12.0 Å². The number of benzene rings is 2. The minimum Gasteiger partial charge on any atom is -0.380 e. The average molecular weight is 359 g/mol. The zero-order chi connectivity index (χ0) is 13.1. The molecule has 2 aromatic carbocycles. The van der Waals surface area contributed by atoms with Crippen LogP contribution in [0.3, 0.4) is 0 Å². The third-order valence-corrected chi connectivity index (χ3v) is 3.60. The summed E-state index contributed by atoms with van der Waals surface area (Å²) in [6.45, 7) is 2.46. The van der Waals surface area contributed by atoms with Gasteiger partial charge in [-0.25, -0.2) is 8.78 Å². The van der Waals surface area contributed by atoms with Crippen LogP contribution in [0.5, 0.6) is 0 Å². The van der Waals surface area contributed by atoms with E-state index in [1.54, 1.807) is 12.1 Å². The van der Waals surface area contributed by atoms with E-state index in [1.807, 2.05) is 6.92 Å². The third-order valence-electron chi connectivity index (χ3n) is 2.71. The SMILES string of the molecule is Cc1ccc(F)cc1CNc1ccc(F)cc1I. The molecule has 0 saturated heterocycles. The van der Waals surface area contributed by atoms with Gasteiger partial charge in [0.1, 0.15) is 11.6 Å². The van der Waals surface area contributed by atoms with Gasteiger partial charge in [0, 0.05) is 15.8 Å². The Morgan fingerprint density at radius 1 is 1.06 bits per heavy atom. The Morgan fingerprint density at radius 2 is 1.72 bits per heavy atom. The third kappa shape index (κ3) is 3.19. The molecule has 2 rings (SSSR count). The fraction of sp³-hybridized carbons (Fsp3) is 0.143. The second kappa shape index (κ2) is 5.65. The number of hydrogen-bond acceptors (Lipinski definition) is 1. The Labute approximate surface area is 118 Å². The van der Waals surface area contributed by atoms with Gasteiger partial charge in [-0.05, 0) is 71.0 Å². The van der Waals surface area contributed by atoms with E-state index in [4.69, 9.17) is 0 Å². The van der Waals surface area contributed by atoms with Gasteiger partial charge >= 0.3 is 0 Å².